The van der Waals surface area contributed by atoms with Gasteiger partial charge in [-0.15, -0.1) is 0 Å². The summed E-state index contributed by atoms with van der Waals surface area (Å²) in [5.41, 5.74) is -0.249. The monoisotopic (exact) mass is 490 g/mol. The first-order chi connectivity index (χ1) is 16.0. The van der Waals surface area contributed by atoms with Crippen molar-refractivity contribution in [1.29, 1.82) is 0 Å². The summed E-state index contributed by atoms with van der Waals surface area (Å²) in [6.45, 7) is 0.985. The number of hydrogen-bond acceptors (Lipinski definition) is 4. The molecule has 0 saturated heterocycles. The van der Waals surface area contributed by atoms with Crippen LogP contribution in [0.5, 0.6) is 5.75 Å². The molecule has 10 heteroatoms. The van der Waals surface area contributed by atoms with Crippen LogP contribution in [0.2, 0.25) is 5.02 Å². The van der Waals surface area contributed by atoms with Gasteiger partial charge in [0.25, 0.3) is 11.8 Å². The van der Waals surface area contributed by atoms with Gasteiger partial charge in [0.2, 0.25) is 0 Å². The molecule has 2 N–H and O–H groups in total. The summed E-state index contributed by atoms with van der Waals surface area (Å²) in [7, 11) is 0. The molecule has 0 atom stereocenters. The lowest BCUT2D eigenvalue weighted by atomic mass is 10.1. The third kappa shape index (κ3) is 6.35. The fourth-order valence-electron chi connectivity index (χ4n) is 2.90. The molecule has 0 spiro atoms. The summed E-state index contributed by atoms with van der Waals surface area (Å²) < 4.78 is 44.4. The number of rotatable bonds is 7. The number of ether oxygens (including phenoxy) is 1. The first-order valence-corrected chi connectivity index (χ1v) is 10.2. The third-order valence-electron chi connectivity index (χ3n) is 4.61. The van der Waals surface area contributed by atoms with E-state index in [1.807, 2.05) is 0 Å². The molecule has 34 heavy (non-hydrogen) atoms. The van der Waals surface area contributed by atoms with Gasteiger partial charge in [0, 0.05) is 11.3 Å². The quantitative estimate of drug-likeness (QED) is 0.408. The molecule has 0 aliphatic heterocycles. The van der Waals surface area contributed by atoms with Gasteiger partial charge in [-0.1, -0.05) is 23.7 Å². The third-order valence-corrected chi connectivity index (χ3v) is 4.94. The number of carbonyl (C=O) groups excluding carboxylic acids is 3. The Morgan fingerprint density at radius 3 is 2.26 bits per heavy atom. The normalized spacial score (nSPS) is 11.0. The minimum absolute atomic E-state index is 0.00501. The van der Waals surface area contributed by atoms with Crippen molar-refractivity contribution < 1.29 is 32.3 Å². The molecular formula is C24H18ClF3N2O4. The van der Waals surface area contributed by atoms with Crippen molar-refractivity contribution in [3.8, 4) is 5.75 Å². The molecule has 0 aliphatic carbocycles. The lowest BCUT2D eigenvalue weighted by Gasteiger charge is -2.14. The van der Waals surface area contributed by atoms with Crippen molar-refractivity contribution in [2.24, 2.45) is 0 Å². The predicted octanol–water partition coefficient (Wildman–Crippen LogP) is 5.83. The minimum Gasteiger partial charge on any atom is -0.483 e. The number of carbonyl (C=O) groups is 3. The molecule has 176 valence electrons. The highest BCUT2D eigenvalue weighted by atomic mass is 35.5. The maximum absolute atomic E-state index is 13.0. The Morgan fingerprint density at radius 1 is 0.941 bits per heavy atom. The van der Waals surface area contributed by atoms with Crippen molar-refractivity contribution in [1.82, 2.24) is 0 Å². The Labute approximate surface area is 197 Å². The Kier molecular flexibility index (Phi) is 7.57. The van der Waals surface area contributed by atoms with E-state index in [0.29, 0.717) is 11.3 Å². The van der Waals surface area contributed by atoms with Gasteiger partial charge in [-0.2, -0.15) is 13.2 Å². The summed E-state index contributed by atoms with van der Waals surface area (Å²) >= 11 is 5.94. The van der Waals surface area contributed by atoms with E-state index in [0.717, 1.165) is 18.2 Å². The maximum atomic E-state index is 13.0. The average molecular weight is 491 g/mol. The maximum Gasteiger partial charge on any atom is 0.416 e. The van der Waals surface area contributed by atoms with E-state index in [-0.39, 0.29) is 27.8 Å². The Bertz CT molecular complexity index is 1230. The summed E-state index contributed by atoms with van der Waals surface area (Å²) in [5, 5.41) is 4.86. The van der Waals surface area contributed by atoms with Gasteiger partial charge in [-0.25, -0.2) is 0 Å². The predicted molar refractivity (Wildman–Crippen MR) is 121 cm³/mol. The molecule has 6 nitrogen and oxygen atoms in total. The second-order valence-electron chi connectivity index (χ2n) is 7.11. The molecule has 2 amide bonds. The first-order valence-electron chi connectivity index (χ1n) is 9.85. The number of amides is 2. The first kappa shape index (κ1) is 24.8. The van der Waals surface area contributed by atoms with Crippen molar-refractivity contribution in [2.75, 3.05) is 17.2 Å². The average Bonchev–Trinajstić information content (AvgIpc) is 2.79. The minimum atomic E-state index is -4.61. The molecule has 3 aromatic rings. The van der Waals surface area contributed by atoms with Crippen molar-refractivity contribution >= 4 is 40.6 Å². The van der Waals surface area contributed by atoms with Crippen LogP contribution < -0.4 is 15.4 Å². The van der Waals surface area contributed by atoms with Crippen LogP contribution in [0, 0.1) is 0 Å². The van der Waals surface area contributed by atoms with Crippen LogP contribution in [0.4, 0.5) is 24.5 Å². The fraction of sp³-hybridized carbons (Fsp3) is 0.125. The van der Waals surface area contributed by atoms with E-state index in [9.17, 15) is 27.6 Å². The topological polar surface area (TPSA) is 84.5 Å². The summed E-state index contributed by atoms with van der Waals surface area (Å²) in [4.78, 5) is 36.3. The number of alkyl halides is 3. The Morgan fingerprint density at radius 2 is 1.62 bits per heavy atom. The van der Waals surface area contributed by atoms with E-state index in [1.165, 1.54) is 25.1 Å². The molecule has 3 rings (SSSR count). The lowest BCUT2D eigenvalue weighted by Crippen LogP contribution is -2.21. The molecule has 0 fully saturated rings. The molecular weight excluding hydrogens is 473 g/mol. The van der Waals surface area contributed by atoms with Gasteiger partial charge in [-0.05, 0) is 61.5 Å². The highest BCUT2D eigenvalue weighted by Gasteiger charge is 2.31. The second-order valence-corrected chi connectivity index (χ2v) is 7.52. The van der Waals surface area contributed by atoms with Crippen molar-refractivity contribution in [3.63, 3.8) is 0 Å². The number of halogens is 4. The molecule has 0 heterocycles. The number of Topliss-reactive ketones (excluding diaryl/α,β-unsaturated/α-hetero) is 1. The summed E-state index contributed by atoms with van der Waals surface area (Å²) in [6, 6.07) is 14.8. The summed E-state index contributed by atoms with van der Waals surface area (Å²) in [6.07, 6.45) is -4.61. The lowest BCUT2D eigenvalue weighted by molar-refractivity contribution is -0.137. The molecule has 0 saturated carbocycles. The van der Waals surface area contributed by atoms with Crippen LogP contribution in [0.15, 0.2) is 66.7 Å². The Balaban J connectivity index is 1.68. The van der Waals surface area contributed by atoms with Crippen molar-refractivity contribution in [2.45, 2.75) is 13.1 Å². The SMILES string of the molecule is CC(=O)c1ccc(NC(=O)COc2ccccc2C(=O)Nc2cc(C(F)(F)F)ccc2Cl)cc1. The molecule has 0 unspecified atom stereocenters. The smallest absolute Gasteiger partial charge is 0.416 e. The number of ketones is 1. The van der Waals surface area contributed by atoms with Crippen LogP contribution in [0.1, 0.15) is 33.2 Å². The van der Waals surface area contributed by atoms with Crippen LogP contribution in [-0.2, 0) is 11.0 Å². The van der Waals surface area contributed by atoms with E-state index < -0.39 is 30.2 Å². The van der Waals surface area contributed by atoms with E-state index in [4.69, 9.17) is 16.3 Å². The van der Waals surface area contributed by atoms with E-state index >= 15 is 0 Å². The number of hydrogen-bond donors (Lipinski definition) is 2. The number of anilines is 2. The van der Waals surface area contributed by atoms with Gasteiger partial charge in [0.15, 0.2) is 12.4 Å². The number of benzene rings is 3. The van der Waals surface area contributed by atoms with Crippen LogP contribution >= 0.6 is 11.6 Å². The Hall–Kier alpha value is -3.85. The highest BCUT2D eigenvalue weighted by Crippen LogP contribution is 2.34. The van der Waals surface area contributed by atoms with Gasteiger partial charge >= 0.3 is 6.18 Å². The molecule has 0 aliphatic rings. The zero-order valence-corrected chi connectivity index (χ0v) is 18.5. The zero-order chi connectivity index (χ0) is 24.9. The standard InChI is InChI=1S/C24H18ClF3N2O4/c1-14(31)15-6-9-17(10-7-15)29-22(32)13-34-21-5-3-2-4-18(21)23(33)30-20-12-16(24(26,27)28)8-11-19(20)25/h2-12H,13H2,1H3,(H,29,32)(H,30,33). The van der Waals surface area contributed by atoms with Crippen LogP contribution in [-0.4, -0.2) is 24.2 Å². The molecule has 3 aromatic carbocycles. The van der Waals surface area contributed by atoms with Crippen molar-refractivity contribution in [3.05, 3.63) is 88.4 Å². The van der Waals surface area contributed by atoms with E-state index in [1.54, 1.807) is 30.3 Å². The number of para-hydroxylation sites is 1. The van der Waals surface area contributed by atoms with Gasteiger partial charge < -0.3 is 15.4 Å². The van der Waals surface area contributed by atoms with Gasteiger partial charge in [-0.3, -0.25) is 14.4 Å². The number of nitrogens with one attached hydrogen (secondary N) is 2. The fourth-order valence-corrected chi connectivity index (χ4v) is 3.06. The van der Waals surface area contributed by atoms with Gasteiger partial charge in [0.05, 0.1) is 21.8 Å². The zero-order valence-electron chi connectivity index (χ0n) is 17.7. The second kappa shape index (κ2) is 10.4. The summed E-state index contributed by atoms with van der Waals surface area (Å²) in [5.74, 6) is -1.35. The van der Waals surface area contributed by atoms with E-state index in [2.05, 4.69) is 10.6 Å². The van der Waals surface area contributed by atoms with Crippen LogP contribution in [0.25, 0.3) is 0 Å². The molecule has 0 aromatic heterocycles. The van der Waals surface area contributed by atoms with Crippen LogP contribution in [0.3, 0.4) is 0 Å². The van der Waals surface area contributed by atoms with Gasteiger partial charge in [0.1, 0.15) is 5.75 Å². The largest absolute Gasteiger partial charge is 0.483 e. The highest BCUT2D eigenvalue weighted by molar-refractivity contribution is 6.34. The molecule has 0 bridgehead atoms. The molecule has 0 radical (unpaired) electrons.